The number of imidazole rings is 1. The largest absolute Gasteiger partial charge is 0.383 e. The topological polar surface area (TPSA) is 129 Å². The number of aromatic nitrogens is 3. The number of nitrogens with one attached hydrogen (secondary N) is 2. The molecule has 0 bridgehead atoms. The molecule has 5 N–H and O–H groups in total. The first-order valence-corrected chi connectivity index (χ1v) is 10.5. The molecule has 0 fully saturated rings. The standard InChI is InChI=1S/C23H28N6O3/c1-13-8-15(11-20(30)29(13)14(2)12-32-3)16-9-17(18-6-4-5-7-25-18)21-19(10-16)26-23(27-21)28-22(24)31/h4-10,14-15,22,31H,11-12,24H2,1-3H3,(H2,26,27,28). The van der Waals surface area contributed by atoms with Crippen LogP contribution < -0.4 is 11.1 Å². The van der Waals surface area contributed by atoms with Gasteiger partial charge in [0.25, 0.3) is 0 Å². The van der Waals surface area contributed by atoms with Crippen LogP contribution in [0.3, 0.4) is 0 Å². The number of anilines is 1. The van der Waals surface area contributed by atoms with Gasteiger partial charge in [0.15, 0.2) is 6.35 Å². The van der Waals surface area contributed by atoms with Gasteiger partial charge in [0.2, 0.25) is 11.9 Å². The lowest BCUT2D eigenvalue weighted by Crippen LogP contribution is -2.42. The summed E-state index contributed by atoms with van der Waals surface area (Å²) in [6, 6.07) is 9.68. The molecule has 3 atom stereocenters. The predicted octanol–water partition coefficient (Wildman–Crippen LogP) is 2.53. The summed E-state index contributed by atoms with van der Waals surface area (Å²) in [6.07, 6.45) is 2.97. The van der Waals surface area contributed by atoms with Crippen molar-refractivity contribution < 1.29 is 14.6 Å². The number of carbonyl (C=O) groups excluding carboxylic acids is 1. The minimum Gasteiger partial charge on any atom is -0.383 e. The number of rotatable bonds is 7. The lowest BCUT2D eigenvalue weighted by atomic mass is 9.88. The molecule has 4 rings (SSSR count). The van der Waals surface area contributed by atoms with Gasteiger partial charge in [0, 0.05) is 36.9 Å². The molecule has 168 valence electrons. The Morgan fingerprint density at radius 2 is 2.22 bits per heavy atom. The number of nitrogens with two attached hydrogens (primary N) is 1. The number of carbonyl (C=O) groups is 1. The van der Waals surface area contributed by atoms with E-state index in [-0.39, 0.29) is 17.9 Å². The predicted molar refractivity (Wildman–Crippen MR) is 122 cm³/mol. The number of aromatic amines is 1. The number of pyridine rings is 1. The van der Waals surface area contributed by atoms with Crippen molar-refractivity contribution in [2.45, 2.75) is 38.6 Å². The first-order chi connectivity index (χ1) is 15.4. The molecule has 9 heteroatoms. The van der Waals surface area contributed by atoms with Crippen molar-refractivity contribution in [1.29, 1.82) is 0 Å². The highest BCUT2D eigenvalue weighted by Crippen LogP contribution is 2.36. The van der Waals surface area contributed by atoms with Crippen LogP contribution in [-0.2, 0) is 9.53 Å². The summed E-state index contributed by atoms with van der Waals surface area (Å²) in [5, 5.41) is 12.2. The van der Waals surface area contributed by atoms with E-state index in [0.717, 1.165) is 28.0 Å². The maximum atomic E-state index is 13.0. The molecule has 0 saturated carbocycles. The zero-order valence-electron chi connectivity index (χ0n) is 18.4. The first kappa shape index (κ1) is 21.9. The van der Waals surface area contributed by atoms with Crippen LogP contribution in [0.5, 0.6) is 0 Å². The van der Waals surface area contributed by atoms with E-state index in [4.69, 9.17) is 10.5 Å². The van der Waals surface area contributed by atoms with Crippen LogP contribution in [0.1, 0.15) is 31.7 Å². The quantitative estimate of drug-likeness (QED) is 0.419. The summed E-state index contributed by atoms with van der Waals surface area (Å²) in [4.78, 5) is 27.0. The molecule has 2 aromatic heterocycles. The number of amides is 1. The SMILES string of the molecule is COCC(C)N1C(=O)CC(c2cc(-c3ccccn3)c3nc(NC(N)O)[nH]c3c2)C=C1C. The molecule has 0 saturated heterocycles. The van der Waals surface area contributed by atoms with E-state index in [0.29, 0.717) is 24.5 Å². The van der Waals surface area contributed by atoms with Crippen LogP contribution in [0.2, 0.25) is 0 Å². The number of benzene rings is 1. The maximum absolute atomic E-state index is 13.0. The van der Waals surface area contributed by atoms with E-state index in [9.17, 15) is 9.90 Å². The summed E-state index contributed by atoms with van der Waals surface area (Å²) in [5.74, 6) is 0.341. The van der Waals surface area contributed by atoms with Gasteiger partial charge in [-0.05, 0) is 43.7 Å². The van der Waals surface area contributed by atoms with Crippen molar-refractivity contribution in [2.24, 2.45) is 5.73 Å². The Balaban J connectivity index is 1.79. The highest BCUT2D eigenvalue weighted by Gasteiger charge is 2.30. The van der Waals surface area contributed by atoms with Crippen molar-refractivity contribution in [3.05, 3.63) is 53.9 Å². The third-order valence-corrected chi connectivity index (χ3v) is 5.60. The normalized spacial score (nSPS) is 18.5. The van der Waals surface area contributed by atoms with Crippen LogP contribution in [0.25, 0.3) is 22.3 Å². The Labute approximate surface area is 186 Å². The fraction of sp³-hybridized carbons (Fsp3) is 0.348. The molecule has 1 aliphatic heterocycles. The first-order valence-electron chi connectivity index (χ1n) is 10.5. The number of allylic oxidation sites excluding steroid dienone is 2. The third kappa shape index (κ3) is 4.36. The Hall–Kier alpha value is -3.27. The second kappa shape index (κ2) is 9.07. The van der Waals surface area contributed by atoms with Gasteiger partial charge < -0.3 is 25.0 Å². The van der Waals surface area contributed by atoms with E-state index in [1.807, 2.05) is 44.2 Å². The van der Waals surface area contributed by atoms with Crippen molar-refractivity contribution in [1.82, 2.24) is 19.9 Å². The molecule has 0 spiro atoms. The van der Waals surface area contributed by atoms with Crippen molar-refractivity contribution in [3.63, 3.8) is 0 Å². The average Bonchev–Trinajstić information content (AvgIpc) is 3.14. The van der Waals surface area contributed by atoms with Crippen LogP contribution in [-0.4, -0.2) is 57.0 Å². The second-order valence-corrected chi connectivity index (χ2v) is 8.04. The number of ether oxygens (including phenoxy) is 1. The maximum Gasteiger partial charge on any atom is 0.227 e. The molecule has 0 aliphatic carbocycles. The van der Waals surface area contributed by atoms with E-state index in [1.165, 1.54) is 0 Å². The fourth-order valence-electron chi connectivity index (χ4n) is 4.32. The minimum atomic E-state index is -1.24. The Morgan fingerprint density at radius 3 is 2.88 bits per heavy atom. The number of hydrogen-bond donors (Lipinski definition) is 4. The number of hydrogen-bond acceptors (Lipinski definition) is 7. The van der Waals surface area contributed by atoms with Crippen molar-refractivity contribution in [2.75, 3.05) is 19.0 Å². The molecule has 3 heterocycles. The highest BCUT2D eigenvalue weighted by atomic mass is 16.5. The van der Waals surface area contributed by atoms with E-state index in [1.54, 1.807) is 18.2 Å². The Bertz CT molecular complexity index is 1140. The lowest BCUT2D eigenvalue weighted by Gasteiger charge is -2.35. The van der Waals surface area contributed by atoms with Gasteiger partial charge in [0.05, 0.1) is 29.4 Å². The van der Waals surface area contributed by atoms with Gasteiger partial charge in [-0.3, -0.25) is 15.5 Å². The molecule has 1 aliphatic rings. The van der Waals surface area contributed by atoms with E-state index in [2.05, 4.69) is 26.3 Å². The summed E-state index contributed by atoms with van der Waals surface area (Å²) in [6.45, 7) is 4.42. The summed E-state index contributed by atoms with van der Waals surface area (Å²) >= 11 is 0. The Morgan fingerprint density at radius 1 is 1.41 bits per heavy atom. The molecule has 1 amide bonds. The lowest BCUT2D eigenvalue weighted by molar-refractivity contribution is -0.132. The van der Waals surface area contributed by atoms with Crippen LogP contribution in [0.15, 0.2) is 48.3 Å². The number of aliphatic hydroxyl groups excluding tert-OH is 1. The summed E-state index contributed by atoms with van der Waals surface area (Å²) < 4.78 is 5.24. The second-order valence-electron chi connectivity index (χ2n) is 8.04. The third-order valence-electron chi connectivity index (χ3n) is 5.60. The van der Waals surface area contributed by atoms with Crippen LogP contribution >= 0.6 is 0 Å². The van der Waals surface area contributed by atoms with E-state index >= 15 is 0 Å². The molecule has 32 heavy (non-hydrogen) atoms. The molecular weight excluding hydrogens is 408 g/mol. The number of fused-ring (bicyclic) bond motifs is 1. The molecule has 1 aromatic carbocycles. The van der Waals surface area contributed by atoms with Crippen molar-refractivity contribution in [3.8, 4) is 11.3 Å². The summed E-state index contributed by atoms with van der Waals surface area (Å²) in [7, 11) is 1.64. The Kier molecular flexibility index (Phi) is 6.22. The molecule has 9 nitrogen and oxygen atoms in total. The van der Waals surface area contributed by atoms with Crippen LogP contribution in [0, 0.1) is 0 Å². The van der Waals surface area contributed by atoms with Gasteiger partial charge in [0.1, 0.15) is 0 Å². The van der Waals surface area contributed by atoms with E-state index < -0.39 is 6.35 Å². The number of H-pyrrole nitrogens is 1. The minimum absolute atomic E-state index is 0.0276. The fourth-order valence-corrected chi connectivity index (χ4v) is 4.32. The van der Waals surface area contributed by atoms with Crippen LogP contribution in [0.4, 0.5) is 5.95 Å². The molecule has 0 radical (unpaired) electrons. The van der Waals surface area contributed by atoms with Gasteiger partial charge in [-0.15, -0.1) is 0 Å². The molecular formula is C23H28N6O3. The summed E-state index contributed by atoms with van der Waals surface area (Å²) in [5.41, 5.74) is 10.4. The highest BCUT2D eigenvalue weighted by molar-refractivity contribution is 5.93. The van der Waals surface area contributed by atoms with Gasteiger partial charge in [-0.2, -0.15) is 0 Å². The molecule has 3 unspecified atom stereocenters. The zero-order chi connectivity index (χ0) is 22.8. The van der Waals surface area contributed by atoms with Crippen molar-refractivity contribution >= 4 is 22.9 Å². The smallest absolute Gasteiger partial charge is 0.227 e. The molecule has 3 aromatic rings. The van der Waals surface area contributed by atoms with Gasteiger partial charge in [-0.1, -0.05) is 12.1 Å². The van der Waals surface area contributed by atoms with Gasteiger partial charge >= 0.3 is 0 Å². The number of nitrogens with zero attached hydrogens (tertiary/aromatic N) is 3. The monoisotopic (exact) mass is 436 g/mol. The number of aliphatic hydroxyl groups is 1. The zero-order valence-corrected chi connectivity index (χ0v) is 18.4. The number of methoxy groups -OCH3 is 1. The van der Waals surface area contributed by atoms with Gasteiger partial charge in [-0.25, -0.2) is 4.98 Å². The average molecular weight is 437 g/mol.